The van der Waals surface area contributed by atoms with E-state index in [1.54, 1.807) is 53.5 Å². The molecule has 4 aromatic rings. The van der Waals surface area contributed by atoms with Crippen molar-refractivity contribution in [1.29, 1.82) is 5.26 Å². The van der Waals surface area contributed by atoms with Gasteiger partial charge in [0.15, 0.2) is 5.13 Å². The number of nitrogens with zero attached hydrogens (tertiary/aromatic N) is 5. The highest BCUT2D eigenvalue weighted by Crippen LogP contribution is 2.31. The number of aromatic nitrogens is 4. The van der Waals surface area contributed by atoms with Crippen molar-refractivity contribution >= 4 is 22.4 Å². The number of carbonyl (C=O) groups is 1. The standard InChI is InChI=1S/C22H17FN6OS/c1-13(2)29-12-15(19(28-29)14-7-3-4-8-16(14)23)21(30)27-22-26-20(18(11-24)31-22)17-9-5-6-10-25-17/h3-10,12-13H,1-2H3,(H,26,27,30). The number of hydrogen-bond acceptors (Lipinski definition) is 6. The highest BCUT2D eigenvalue weighted by Gasteiger charge is 2.23. The quantitative estimate of drug-likeness (QED) is 0.483. The molecule has 0 radical (unpaired) electrons. The molecule has 0 atom stereocenters. The highest BCUT2D eigenvalue weighted by molar-refractivity contribution is 7.16. The van der Waals surface area contributed by atoms with Crippen LogP contribution in [0.2, 0.25) is 0 Å². The third-order valence-corrected chi connectivity index (χ3v) is 5.37. The van der Waals surface area contributed by atoms with Crippen LogP contribution in [0.5, 0.6) is 0 Å². The summed E-state index contributed by atoms with van der Waals surface area (Å²) in [4.78, 5) is 22.0. The Kier molecular flexibility index (Phi) is 5.56. The number of halogens is 1. The lowest BCUT2D eigenvalue weighted by Gasteiger charge is -2.04. The van der Waals surface area contributed by atoms with Gasteiger partial charge in [0, 0.05) is 24.0 Å². The first-order chi connectivity index (χ1) is 15.0. The van der Waals surface area contributed by atoms with E-state index < -0.39 is 11.7 Å². The Labute approximate surface area is 181 Å². The first-order valence-corrected chi connectivity index (χ1v) is 10.3. The van der Waals surface area contributed by atoms with E-state index in [9.17, 15) is 14.4 Å². The van der Waals surface area contributed by atoms with E-state index in [1.807, 2.05) is 13.8 Å². The molecule has 0 saturated carbocycles. The number of nitriles is 1. The smallest absolute Gasteiger partial charge is 0.261 e. The zero-order valence-electron chi connectivity index (χ0n) is 16.7. The maximum absolute atomic E-state index is 14.4. The zero-order chi connectivity index (χ0) is 22.0. The Morgan fingerprint density at radius 1 is 1.19 bits per heavy atom. The maximum Gasteiger partial charge on any atom is 0.261 e. The number of hydrogen-bond donors (Lipinski definition) is 1. The molecule has 154 valence electrons. The van der Waals surface area contributed by atoms with Crippen LogP contribution in [0.15, 0.2) is 54.9 Å². The Bertz CT molecular complexity index is 1290. The van der Waals surface area contributed by atoms with Gasteiger partial charge in [0.25, 0.3) is 5.91 Å². The van der Waals surface area contributed by atoms with Crippen LogP contribution in [-0.2, 0) is 0 Å². The molecule has 0 aliphatic rings. The number of thiazole rings is 1. The molecule has 1 aromatic carbocycles. The van der Waals surface area contributed by atoms with E-state index in [2.05, 4.69) is 26.5 Å². The van der Waals surface area contributed by atoms with Crippen molar-refractivity contribution in [3.63, 3.8) is 0 Å². The average Bonchev–Trinajstić information content (AvgIpc) is 3.39. The molecule has 3 heterocycles. The SMILES string of the molecule is CC(C)n1cc(C(=O)Nc2nc(-c3ccccn3)c(C#N)s2)c(-c2ccccc2F)n1. The first kappa shape index (κ1) is 20.4. The highest BCUT2D eigenvalue weighted by atomic mass is 32.1. The van der Waals surface area contributed by atoms with Crippen LogP contribution in [-0.4, -0.2) is 25.7 Å². The van der Waals surface area contributed by atoms with Crippen molar-refractivity contribution in [1.82, 2.24) is 19.7 Å². The monoisotopic (exact) mass is 432 g/mol. The number of pyridine rings is 1. The summed E-state index contributed by atoms with van der Waals surface area (Å²) >= 11 is 1.05. The molecule has 7 nitrogen and oxygen atoms in total. The molecule has 0 aliphatic carbocycles. The average molecular weight is 432 g/mol. The number of nitrogens with one attached hydrogen (secondary N) is 1. The van der Waals surface area contributed by atoms with Crippen LogP contribution in [0.3, 0.4) is 0 Å². The van der Waals surface area contributed by atoms with Gasteiger partial charge >= 0.3 is 0 Å². The number of anilines is 1. The van der Waals surface area contributed by atoms with Crippen LogP contribution in [0, 0.1) is 17.1 Å². The van der Waals surface area contributed by atoms with Crippen molar-refractivity contribution in [2.75, 3.05) is 5.32 Å². The van der Waals surface area contributed by atoms with Gasteiger partial charge in [0.2, 0.25) is 0 Å². The molecule has 0 unspecified atom stereocenters. The summed E-state index contributed by atoms with van der Waals surface area (Å²) in [5.41, 5.74) is 1.63. The Morgan fingerprint density at radius 2 is 1.97 bits per heavy atom. The van der Waals surface area contributed by atoms with Gasteiger partial charge in [-0.05, 0) is 38.1 Å². The summed E-state index contributed by atoms with van der Waals surface area (Å²) in [5.74, 6) is -0.958. The van der Waals surface area contributed by atoms with Gasteiger partial charge in [-0.15, -0.1) is 0 Å². The Morgan fingerprint density at radius 3 is 2.65 bits per heavy atom. The molecule has 0 saturated heterocycles. The van der Waals surface area contributed by atoms with Crippen molar-refractivity contribution in [2.24, 2.45) is 0 Å². The fourth-order valence-electron chi connectivity index (χ4n) is 2.96. The zero-order valence-corrected chi connectivity index (χ0v) is 17.5. The van der Waals surface area contributed by atoms with Crippen LogP contribution in [0.25, 0.3) is 22.6 Å². The molecule has 0 fully saturated rings. The second kappa shape index (κ2) is 8.45. The fourth-order valence-corrected chi connectivity index (χ4v) is 3.73. The summed E-state index contributed by atoms with van der Waals surface area (Å²) in [6, 6.07) is 13.5. The minimum atomic E-state index is -0.490. The van der Waals surface area contributed by atoms with Crippen LogP contribution < -0.4 is 5.32 Å². The lowest BCUT2D eigenvalue weighted by atomic mass is 10.1. The summed E-state index contributed by atoms with van der Waals surface area (Å²) in [6.07, 6.45) is 3.19. The van der Waals surface area contributed by atoms with Gasteiger partial charge in [-0.1, -0.05) is 29.5 Å². The van der Waals surface area contributed by atoms with E-state index in [0.717, 1.165) is 11.3 Å². The van der Waals surface area contributed by atoms with Crippen molar-refractivity contribution in [3.05, 3.63) is 71.1 Å². The molecule has 0 bridgehead atoms. The van der Waals surface area contributed by atoms with Crippen LogP contribution in [0.4, 0.5) is 9.52 Å². The van der Waals surface area contributed by atoms with Crippen LogP contribution in [0.1, 0.15) is 35.1 Å². The van der Waals surface area contributed by atoms with Gasteiger partial charge < -0.3 is 0 Å². The van der Waals surface area contributed by atoms with E-state index >= 15 is 0 Å². The third-order valence-electron chi connectivity index (χ3n) is 4.49. The lowest BCUT2D eigenvalue weighted by Crippen LogP contribution is -2.12. The first-order valence-electron chi connectivity index (χ1n) is 9.45. The Balaban J connectivity index is 1.71. The van der Waals surface area contributed by atoms with Gasteiger partial charge in [-0.25, -0.2) is 9.37 Å². The molecular weight excluding hydrogens is 415 g/mol. The number of carbonyl (C=O) groups excluding carboxylic acids is 1. The number of benzene rings is 1. The van der Waals surface area contributed by atoms with Crippen molar-refractivity contribution < 1.29 is 9.18 Å². The molecule has 4 rings (SSSR count). The molecule has 31 heavy (non-hydrogen) atoms. The molecule has 1 N–H and O–H groups in total. The summed E-state index contributed by atoms with van der Waals surface area (Å²) in [6.45, 7) is 3.83. The van der Waals surface area contributed by atoms with Gasteiger partial charge in [-0.2, -0.15) is 10.4 Å². The van der Waals surface area contributed by atoms with Gasteiger partial charge in [0.1, 0.15) is 28.2 Å². The minimum Gasteiger partial charge on any atom is -0.298 e. The third kappa shape index (κ3) is 4.06. The van der Waals surface area contributed by atoms with E-state index in [0.29, 0.717) is 16.3 Å². The predicted octanol–water partition coefficient (Wildman–Crippen LogP) is 4.91. The second-order valence-corrected chi connectivity index (χ2v) is 7.92. The molecular formula is C22H17FN6OS. The molecule has 1 amide bonds. The van der Waals surface area contributed by atoms with E-state index in [4.69, 9.17) is 0 Å². The molecule has 3 aromatic heterocycles. The van der Waals surface area contributed by atoms with Gasteiger partial charge in [0.05, 0.1) is 11.3 Å². The molecule has 0 aliphatic heterocycles. The van der Waals surface area contributed by atoms with E-state index in [1.165, 1.54) is 6.07 Å². The fraction of sp³-hybridized carbons (Fsp3) is 0.136. The van der Waals surface area contributed by atoms with Crippen LogP contribution >= 0.6 is 11.3 Å². The number of amides is 1. The van der Waals surface area contributed by atoms with E-state index in [-0.39, 0.29) is 28.0 Å². The summed E-state index contributed by atoms with van der Waals surface area (Å²) < 4.78 is 16.0. The largest absolute Gasteiger partial charge is 0.298 e. The topological polar surface area (TPSA) is 96.5 Å². The van der Waals surface area contributed by atoms with Gasteiger partial charge in [-0.3, -0.25) is 19.8 Å². The Hall–Kier alpha value is -3.90. The summed E-state index contributed by atoms with van der Waals surface area (Å²) in [5, 5.41) is 16.9. The predicted molar refractivity (Wildman–Crippen MR) is 116 cm³/mol. The normalized spacial score (nSPS) is 10.8. The number of rotatable bonds is 5. The molecule has 9 heteroatoms. The van der Waals surface area contributed by atoms with Crippen molar-refractivity contribution in [3.8, 4) is 28.7 Å². The molecule has 0 spiro atoms. The van der Waals surface area contributed by atoms with Crippen molar-refractivity contribution in [2.45, 2.75) is 19.9 Å². The lowest BCUT2D eigenvalue weighted by molar-refractivity contribution is 0.102. The second-order valence-electron chi connectivity index (χ2n) is 6.92. The maximum atomic E-state index is 14.4. The minimum absolute atomic E-state index is 0.0205. The summed E-state index contributed by atoms with van der Waals surface area (Å²) in [7, 11) is 0.